The molecule has 3 rings (SSSR count). The molecule has 8 nitrogen and oxygen atoms in total. The molecule has 8 heteroatoms. The number of ether oxygens (including phenoxy) is 2. The first-order valence-electron chi connectivity index (χ1n) is 11.8. The van der Waals surface area contributed by atoms with Gasteiger partial charge in [0.05, 0.1) is 13.7 Å². The van der Waals surface area contributed by atoms with Gasteiger partial charge in [0.25, 0.3) is 5.91 Å². The number of hydrogen-bond donors (Lipinski definition) is 1. The van der Waals surface area contributed by atoms with Crippen molar-refractivity contribution in [2.24, 2.45) is 11.8 Å². The SMILES string of the molecule is COc1cccc(C(=O)N2[C@H](C(=O)NCC(C)C)COC23CCN(C(=O)CC(C)C)CC3)c1. The zero-order valence-corrected chi connectivity index (χ0v) is 20.4. The summed E-state index contributed by atoms with van der Waals surface area (Å²) >= 11 is 0. The number of nitrogens with one attached hydrogen (secondary N) is 1. The molecular formula is C25H37N3O5. The number of piperidine rings is 1. The third kappa shape index (κ3) is 5.66. The second-order valence-corrected chi connectivity index (χ2v) is 9.80. The number of amides is 3. The Morgan fingerprint density at radius 2 is 1.85 bits per heavy atom. The fourth-order valence-electron chi connectivity index (χ4n) is 4.47. The lowest BCUT2D eigenvalue weighted by molar-refractivity contribution is -0.144. The highest BCUT2D eigenvalue weighted by Crippen LogP contribution is 2.39. The van der Waals surface area contributed by atoms with Gasteiger partial charge in [-0.25, -0.2) is 0 Å². The molecule has 2 saturated heterocycles. The summed E-state index contributed by atoms with van der Waals surface area (Å²) in [7, 11) is 1.55. The number of methoxy groups -OCH3 is 1. The monoisotopic (exact) mass is 459 g/mol. The Morgan fingerprint density at radius 1 is 1.15 bits per heavy atom. The van der Waals surface area contributed by atoms with Gasteiger partial charge >= 0.3 is 0 Å². The molecule has 1 aromatic carbocycles. The van der Waals surface area contributed by atoms with Gasteiger partial charge in [-0.3, -0.25) is 19.3 Å². The Kier molecular flexibility index (Phi) is 8.00. The minimum atomic E-state index is -0.908. The van der Waals surface area contributed by atoms with Crippen LogP contribution in [0.25, 0.3) is 0 Å². The zero-order chi connectivity index (χ0) is 24.2. The second kappa shape index (κ2) is 10.5. The quantitative estimate of drug-likeness (QED) is 0.677. The van der Waals surface area contributed by atoms with Crippen molar-refractivity contribution in [3.05, 3.63) is 29.8 Å². The van der Waals surface area contributed by atoms with Crippen molar-refractivity contribution in [3.63, 3.8) is 0 Å². The van der Waals surface area contributed by atoms with Crippen LogP contribution < -0.4 is 10.1 Å². The lowest BCUT2D eigenvalue weighted by Crippen LogP contribution is -2.60. The summed E-state index contributed by atoms with van der Waals surface area (Å²) in [6.07, 6.45) is 1.45. The van der Waals surface area contributed by atoms with E-state index >= 15 is 0 Å². The van der Waals surface area contributed by atoms with Crippen molar-refractivity contribution >= 4 is 17.7 Å². The molecule has 0 unspecified atom stereocenters. The molecule has 1 spiro atoms. The van der Waals surface area contributed by atoms with Crippen LogP contribution in [-0.2, 0) is 14.3 Å². The molecule has 3 amide bonds. The Balaban J connectivity index is 1.85. The van der Waals surface area contributed by atoms with Gasteiger partial charge in [-0.2, -0.15) is 0 Å². The van der Waals surface area contributed by atoms with Crippen molar-refractivity contribution in [3.8, 4) is 5.75 Å². The van der Waals surface area contributed by atoms with Crippen LogP contribution in [0.2, 0.25) is 0 Å². The maximum Gasteiger partial charge on any atom is 0.257 e. The summed E-state index contributed by atoms with van der Waals surface area (Å²) in [6, 6.07) is 6.22. The maximum atomic E-state index is 13.7. The van der Waals surface area contributed by atoms with Crippen molar-refractivity contribution in [2.75, 3.05) is 33.4 Å². The smallest absolute Gasteiger partial charge is 0.257 e. The van der Waals surface area contributed by atoms with Crippen LogP contribution in [0.5, 0.6) is 5.75 Å². The Morgan fingerprint density at radius 3 is 2.45 bits per heavy atom. The highest BCUT2D eigenvalue weighted by molar-refractivity contribution is 5.98. The molecule has 0 bridgehead atoms. The van der Waals surface area contributed by atoms with E-state index in [1.807, 2.05) is 32.6 Å². The lowest BCUT2D eigenvalue weighted by atomic mass is 9.95. The van der Waals surface area contributed by atoms with E-state index in [0.717, 1.165) is 0 Å². The van der Waals surface area contributed by atoms with E-state index in [4.69, 9.17) is 9.47 Å². The molecule has 1 aromatic rings. The normalized spacial score (nSPS) is 19.9. The van der Waals surface area contributed by atoms with E-state index in [2.05, 4.69) is 5.32 Å². The van der Waals surface area contributed by atoms with Gasteiger partial charge in [-0.15, -0.1) is 0 Å². The third-order valence-corrected chi connectivity index (χ3v) is 6.26. The Labute approximate surface area is 196 Å². The molecule has 1 atom stereocenters. The molecule has 2 heterocycles. The van der Waals surface area contributed by atoms with Crippen molar-refractivity contribution < 1.29 is 23.9 Å². The highest BCUT2D eigenvalue weighted by atomic mass is 16.5. The lowest BCUT2D eigenvalue weighted by Gasteiger charge is -2.44. The van der Waals surface area contributed by atoms with Gasteiger partial charge in [-0.05, 0) is 30.0 Å². The van der Waals surface area contributed by atoms with Crippen LogP contribution in [-0.4, -0.2) is 72.6 Å². The fraction of sp³-hybridized carbons (Fsp3) is 0.640. The van der Waals surface area contributed by atoms with Gasteiger partial charge in [0.15, 0.2) is 0 Å². The number of rotatable bonds is 7. The van der Waals surface area contributed by atoms with Crippen molar-refractivity contribution in [2.45, 2.75) is 58.7 Å². The fourth-order valence-corrected chi connectivity index (χ4v) is 4.47. The average Bonchev–Trinajstić information content (AvgIpc) is 3.15. The number of likely N-dealkylation sites (tertiary alicyclic amines) is 1. The van der Waals surface area contributed by atoms with Gasteiger partial charge in [0.2, 0.25) is 11.8 Å². The topological polar surface area (TPSA) is 88.2 Å². The van der Waals surface area contributed by atoms with Gasteiger partial charge in [-0.1, -0.05) is 33.8 Å². The van der Waals surface area contributed by atoms with Gasteiger partial charge in [0, 0.05) is 44.5 Å². The molecule has 33 heavy (non-hydrogen) atoms. The van der Waals surface area contributed by atoms with Crippen LogP contribution in [0.3, 0.4) is 0 Å². The van der Waals surface area contributed by atoms with E-state index in [9.17, 15) is 14.4 Å². The summed E-state index contributed by atoms with van der Waals surface area (Å²) in [5.41, 5.74) is -0.464. The number of nitrogens with zero attached hydrogens (tertiary/aromatic N) is 2. The molecule has 0 aliphatic carbocycles. The summed E-state index contributed by atoms with van der Waals surface area (Å²) in [4.78, 5) is 42.8. The number of carbonyl (C=O) groups excluding carboxylic acids is 3. The third-order valence-electron chi connectivity index (χ3n) is 6.26. The minimum absolute atomic E-state index is 0.120. The molecule has 182 valence electrons. The number of hydrogen-bond acceptors (Lipinski definition) is 5. The summed E-state index contributed by atoms with van der Waals surface area (Å²) in [6.45, 7) is 9.75. The highest BCUT2D eigenvalue weighted by Gasteiger charge is 2.54. The summed E-state index contributed by atoms with van der Waals surface area (Å²) < 4.78 is 11.5. The van der Waals surface area contributed by atoms with E-state index < -0.39 is 11.8 Å². The number of carbonyl (C=O) groups is 3. The van der Waals surface area contributed by atoms with E-state index in [1.165, 1.54) is 0 Å². The molecule has 0 saturated carbocycles. The molecule has 2 fully saturated rings. The first-order valence-corrected chi connectivity index (χ1v) is 11.8. The summed E-state index contributed by atoms with van der Waals surface area (Å²) in [5.74, 6) is 0.798. The molecule has 0 aromatic heterocycles. The van der Waals surface area contributed by atoms with E-state index in [0.29, 0.717) is 56.1 Å². The van der Waals surface area contributed by atoms with Crippen LogP contribution in [0, 0.1) is 11.8 Å². The van der Waals surface area contributed by atoms with Crippen LogP contribution in [0.15, 0.2) is 24.3 Å². The minimum Gasteiger partial charge on any atom is -0.497 e. The number of benzene rings is 1. The van der Waals surface area contributed by atoms with Crippen LogP contribution >= 0.6 is 0 Å². The van der Waals surface area contributed by atoms with E-state index in [1.54, 1.807) is 36.3 Å². The average molecular weight is 460 g/mol. The molecular weight excluding hydrogens is 422 g/mol. The van der Waals surface area contributed by atoms with E-state index in [-0.39, 0.29) is 30.2 Å². The second-order valence-electron chi connectivity index (χ2n) is 9.80. The zero-order valence-electron chi connectivity index (χ0n) is 20.4. The standard InChI is InChI=1S/C25H37N3O5/c1-17(2)13-22(29)27-11-9-25(10-12-27)28(21(16-33-25)23(30)26-15-18(3)4)24(31)19-7-6-8-20(14-19)32-5/h6-8,14,17-18,21H,9-13,15-16H2,1-5H3,(H,26,30)/t21-/m0/s1. The van der Waals surface area contributed by atoms with Crippen LogP contribution in [0.4, 0.5) is 0 Å². The first kappa shape index (κ1) is 25.0. The van der Waals surface area contributed by atoms with Gasteiger partial charge < -0.3 is 19.7 Å². The van der Waals surface area contributed by atoms with Crippen molar-refractivity contribution in [1.29, 1.82) is 0 Å². The predicted molar refractivity (Wildman–Crippen MR) is 125 cm³/mol. The molecule has 2 aliphatic rings. The Bertz CT molecular complexity index is 861. The molecule has 1 N–H and O–H groups in total. The largest absolute Gasteiger partial charge is 0.497 e. The van der Waals surface area contributed by atoms with Gasteiger partial charge in [0.1, 0.15) is 17.5 Å². The van der Waals surface area contributed by atoms with Crippen molar-refractivity contribution in [1.82, 2.24) is 15.1 Å². The first-order chi connectivity index (χ1) is 15.7. The molecule has 0 radical (unpaired) electrons. The predicted octanol–water partition coefficient (Wildman–Crippen LogP) is 2.67. The molecule has 2 aliphatic heterocycles. The summed E-state index contributed by atoms with van der Waals surface area (Å²) in [5, 5.41) is 2.95. The Hall–Kier alpha value is -2.61. The van der Waals surface area contributed by atoms with Crippen LogP contribution in [0.1, 0.15) is 57.3 Å². The maximum absolute atomic E-state index is 13.7.